The highest BCUT2D eigenvalue weighted by Crippen LogP contribution is 2.30. The Bertz CT molecular complexity index is 575. The molecule has 0 aromatic heterocycles. The van der Waals surface area contributed by atoms with Crippen LogP contribution >= 0.6 is 0 Å². The Labute approximate surface area is 123 Å². The molecule has 0 saturated carbocycles. The van der Waals surface area contributed by atoms with Crippen LogP contribution in [0.3, 0.4) is 0 Å². The molecule has 1 aromatic carbocycles. The quantitative estimate of drug-likeness (QED) is 0.868. The number of nitrogens with one attached hydrogen (secondary N) is 1. The fourth-order valence-electron chi connectivity index (χ4n) is 3.03. The van der Waals surface area contributed by atoms with E-state index in [-0.39, 0.29) is 17.9 Å². The maximum atomic E-state index is 11.6. The number of hydrazine groups is 1. The summed E-state index contributed by atoms with van der Waals surface area (Å²) >= 11 is 0. The van der Waals surface area contributed by atoms with Gasteiger partial charge in [-0.05, 0) is 24.1 Å². The third-order valence-electron chi connectivity index (χ3n) is 4.31. The van der Waals surface area contributed by atoms with Crippen molar-refractivity contribution in [2.24, 2.45) is 5.92 Å². The third kappa shape index (κ3) is 2.58. The van der Waals surface area contributed by atoms with Gasteiger partial charge in [-0.2, -0.15) is 0 Å². The summed E-state index contributed by atoms with van der Waals surface area (Å²) in [5.74, 6) is -0.953. The number of aliphatic carboxylic acids is 1. The molecule has 2 saturated heterocycles. The number of anilines is 1. The first-order valence-electron chi connectivity index (χ1n) is 7.16. The van der Waals surface area contributed by atoms with Crippen LogP contribution in [0, 0.1) is 5.92 Å². The molecule has 1 aromatic rings. The zero-order chi connectivity index (χ0) is 15.0. The van der Waals surface area contributed by atoms with E-state index in [1.54, 1.807) is 12.1 Å². The minimum atomic E-state index is -0.744. The summed E-state index contributed by atoms with van der Waals surface area (Å²) < 4.78 is 0. The van der Waals surface area contributed by atoms with Crippen LogP contribution < -0.4 is 10.3 Å². The lowest BCUT2D eigenvalue weighted by Gasteiger charge is -2.27. The monoisotopic (exact) mass is 289 g/mol. The van der Waals surface area contributed by atoms with Crippen molar-refractivity contribution >= 4 is 17.6 Å². The van der Waals surface area contributed by atoms with Crippen molar-refractivity contribution in [3.05, 3.63) is 29.8 Å². The predicted molar refractivity (Wildman–Crippen MR) is 77.7 cm³/mol. The second kappa shape index (κ2) is 5.37. The van der Waals surface area contributed by atoms with Crippen LogP contribution in [0.5, 0.6) is 0 Å². The van der Waals surface area contributed by atoms with E-state index in [1.807, 2.05) is 29.3 Å². The molecule has 2 unspecified atom stereocenters. The van der Waals surface area contributed by atoms with Gasteiger partial charge in [0.2, 0.25) is 5.91 Å². The Balaban J connectivity index is 1.78. The second-order valence-electron chi connectivity index (χ2n) is 5.62. The highest BCUT2D eigenvalue weighted by molar-refractivity contribution is 5.81. The van der Waals surface area contributed by atoms with Gasteiger partial charge < -0.3 is 10.4 Å². The lowest BCUT2D eigenvalue weighted by molar-refractivity contribution is -0.141. The molecule has 3 rings (SSSR count). The van der Waals surface area contributed by atoms with Crippen molar-refractivity contribution in [2.75, 3.05) is 25.1 Å². The largest absolute Gasteiger partial charge is 0.481 e. The van der Waals surface area contributed by atoms with Crippen molar-refractivity contribution in [3.63, 3.8) is 0 Å². The van der Waals surface area contributed by atoms with Crippen LogP contribution in [0.1, 0.15) is 24.4 Å². The fourth-order valence-corrected chi connectivity index (χ4v) is 3.03. The maximum Gasteiger partial charge on any atom is 0.307 e. The average molecular weight is 289 g/mol. The van der Waals surface area contributed by atoms with Gasteiger partial charge >= 0.3 is 5.97 Å². The average Bonchev–Trinajstić information content (AvgIpc) is 3.08. The van der Waals surface area contributed by atoms with Gasteiger partial charge in [-0.15, -0.1) is 0 Å². The SMILES string of the molecule is CN1C(=O)CCN1c1cccc(C2CC(C(=O)O)CN2)c1. The minimum Gasteiger partial charge on any atom is -0.481 e. The topological polar surface area (TPSA) is 72.9 Å². The highest BCUT2D eigenvalue weighted by Gasteiger charge is 2.31. The molecule has 2 atom stereocenters. The Morgan fingerprint density at radius 3 is 2.86 bits per heavy atom. The van der Waals surface area contributed by atoms with E-state index in [4.69, 9.17) is 5.11 Å². The number of carboxylic acid groups (broad SMARTS) is 1. The van der Waals surface area contributed by atoms with Crippen LogP contribution in [0.15, 0.2) is 24.3 Å². The van der Waals surface area contributed by atoms with Crippen molar-refractivity contribution in [2.45, 2.75) is 18.9 Å². The summed E-state index contributed by atoms with van der Waals surface area (Å²) in [5, 5.41) is 15.9. The zero-order valence-corrected chi connectivity index (χ0v) is 12.0. The Morgan fingerprint density at radius 2 is 2.24 bits per heavy atom. The van der Waals surface area contributed by atoms with Gasteiger partial charge in [0.15, 0.2) is 0 Å². The molecule has 2 aliphatic rings. The van der Waals surface area contributed by atoms with Crippen LogP contribution in [0.4, 0.5) is 5.69 Å². The second-order valence-corrected chi connectivity index (χ2v) is 5.62. The summed E-state index contributed by atoms with van der Waals surface area (Å²) in [6, 6.07) is 8.04. The summed E-state index contributed by atoms with van der Waals surface area (Å²) in [6.07, 6.45) is 1.14. The van der Waals surface area contributed by atoms with Crippen molar-refractivity contribution < 1.29 is 14.7 Å². The minimum absolute atomic E-state index is 0.0645. The molecule has 6 heteroatoms. The Kier molecular flexibility index (Phi) is 3.55. The van der Waals surface area contributed by atoms with Gasteiger partial charge in [0.25, 0.3) is 0 Å². The highest BCUT2D eigenvalue weighted by atomic mass is 16.4. The summed E-state index contributed by atoms with van der Waals surface area (Å²) in [4.78, 5) is 22.7. The molecular weight excluding hydrogens is 270 g/mol. The van der Waals surface area contributed by atoms with Crippen LogP contribution in [-0.2, 0) is 9.59 Å². The number of hydrogen-bond donors (Lipinski definition) is 2. The molecule has 2 N–H and O–H groups in total. The van der Waals surface area contributed by atoms with Crippen molar-refractivity contribution in [3.8, 4) is 0 Å². The lowest BCUT2D eigenvalue weighted by Crippen LogP contribution is -2.35. The predicted octanol–water partition coefficient (Wildman–Crippen LogP) is 1.01. The van der Waals surface area contributed by atoms with Crippen LogP contribution in [-0.4, -0.2) is 42.1 Å². The van der Waals surface area contributed by atoms with E-state index >= 15 is 0 Å². The first kappa shape index (κ1) is 13.9. The van der Waals surface area contributed by atoms with Gasteiger partial charge in [-0.3, -0.25) is 19.6 Å². The number of carbonyl (C=O) groups excluding carboxylic acids is 1. The number of nitrogens with zero attached hydrogens (tertiary/aromatic N) is 2. The number of amides is 1. The van der Waals surface area contributed by atoms with Gasteiger partial charge in [-0.25, -0.2) is 0 Å². The van der Waals surface area contributed by atoms with Crippen molar-refractivity contribution in [1.82, 2.24) is 10.3 Å². The number of carbonyl (C=O) groups is 2. The van der Waals surface area contributed by atoms with E-state index in [0.717, 1.165) is 11.3 Å². The first-order chi connectivity index (χ1) is 10.1. The number of benzene rings is 1. The standard InChI is InChI=1S/C15H19N3O3/c1-17-14(19)5-6-18(17)12-4-2-3-10(7-12)13-8-11(9-16-13)15(20)21/h2-4,7,11,13,16H,5-6,8-9H2,1H3,(H,20,21). The summed E-state index contributed by atoms with van der Waals surface area (Å²) in [6.45, 7) is 1.20. The number of rotatable bonds is 3. The van der Waals surface area contributed by atoms with E-state index in [9.17, 15) is 9.59 Å². The Hall–Kier alpha value is -2.08. The molecular formula is C15H19N3O3. The summed E-state index contributed by atoms with van der Waals surface area (Å²) in [5.41, 5.74) is 2.05. The molecule has 0 bridgehead atoms. The summed E-state index contributed by atoms with van der Waals surface area (Å²) in [7, 11) is 1.77. The van der Waals surface area contributed by atoms with Crippen LogP contribution in [0.2, 0.25) is 0 Å². The molecule has 0 aliphatic carbocycles. The fraction of sp³-hybridized carbons (Fsp3) is 0.467. The Morgan fingerprint density at radius 1 is 1.43 bits per heavy atom. The van der Waals surface area contributed by atoms with Crippen molar-refractivity contribution in [1.29, 1.82) is 0 Å². The molecule has 1 amide bonds. The molecule has 2 aliphatic heterocycles. The van der Waals surface area contributed by atoms with E-state index in [1.165, 1.54) is 0 Å². The van der Waals surface area contributed by atoms with Crippen LogP contribution in [0.25, 0.3) is 0 Å². The van der Waals surface area contributed by atoms with E-state index in [2.05, 4.69) is 5.32 Å². The van der Waals surface area contributed by atoms with Gasteiger partial charge in [0.05, 0.1) is 11.6 Å². The smallest absolute Gasteiger partial charge is 0.307 e. The molecule has 2 fully saturated rings. The van der Waals surface area contributed by atoms with Gasteiger partial charge in [-0.1, -0.05) is 12.1 Å². The number of hydrogen-bond acceptors (Lipinski definition) is 4. The van der Waals surface area contributed by atoms with Gasteiger partial charge in [0, 0.05) is 32.6 Å². The molecule has 0 radical (unpaired) electrons. The molecule has 6 nitrogen and oxygen atoms in total. The first-order valence-corrected chi connectivity index (χ1v) is 7.16. The third-order valence-corrected chi connectivity index (χ3v) is 4.31. The zero-order valence-electron chi connectivity index (χ0n) is 12.0. The molecule has 112 valence electrons. The normalized spacial score (nSPS) is 25.7. The van der Waals surface area contributed by atoms with Gasteiger partial charge in [0.1, 0.15) is 0 Å². The maximum absolute atomic E-state index is 11.6. The molecule has 0 spiro atoms. The van der Waals surface area contributed by atoms with E-state index in [0.29, 0.717) is 25.9 Å². The molecule has 2 heterocycles. The molecule has 21 heavy (non-hydrogen) atoms. The number of carboxylic acids is 1. The lowest BCUT2D eigenvalue weighted by atomic mass is 10.00. The van der Waals surface area contributed by atoms with E-state index < -0.39 is 5.97 Å².